The van der Waals surface area contributed by atoms with Crippen LogP contribution in [0.5, 0.6) is 0 Å². The highest BCUT2D eigenvalue weighted by Gasteiger charge is 1.97. The second-order valence-electron chi connectivity index (χ2n) is 2.11. The molecule has 0 spiro atoms. The third kappa shape index (κ3) is 2.00. The zero-order valence-corrected chi connectivity index (χ0v) is 6.27. The van der Waals surface area contributed by atoms with Gasteiger partial charge in [0.05, 0.1) is 18.4 Å². The first-order valence-electron chi connectivity index (χ1n) is 3.38. The summed E-state index contributed by atoms with van der Waals surface area (Å²) in [5, 5.41) is 16.8. The van der Waals surface area contributed by atoms with Crippen LogP contribution < -0.4 is 0 Å². The van der Waals surface area contributed by atoms with Crippen LogP contribution in [-0.4, -0.2) is 0 Å². The summed E-state index contributed by atoms with van der Waals surface area (Å²) in [5.41, 5.74) is 0. The Kier molecular flexibility index (Phi) is 2.70. The Morgan fingerprint density at radius 3 is 2.67 bits per heavy atom. The molecule has 1 aromatic heterocycles. The normalized spacial score (nSPS) is 9.92. The smallest absolute Gasteiger partial charge is 0.151 e. The van der Waals surface area contributed by atoms with Gasteiger partial charge in [-0.1, -0.05) is 0 Å². The standard InChI is InChI=1S/C9H6N2O/c10-6-8(7-11)3-4-9-2-1-5-12-9/h1-5,8H. The number of allylic oxidation sites excluding steroid dienone is 1. The van der Waals surface area contributed by atoms with E-state index in [0.717, 1.165) is 0 Å². The van der Waals surface area contributed by atoms with E-state index in [-0.39, 0.29) is 0 Å². The number of hydrogen-bond donors (Lipinski definition) is 0. The summed E-state index contributed by atoms with van der Waals surface area (Å²) >= 11 is 0. The van der Waals surface area contributed by atoms with Gasteiger partial charge in [0.1, 0.15) is 5.76 Å². The van der Waals surface area contributed by atoms with Gasteiger partial charge < -0.3 is 4.42 Å². The maximum atomic E-state index is 8.40. The second kappa shape index (κ2) is 4.00. The Labute approximate surface area is 70.1 Å². The third-order valence-electron chi connectivity index (χ3n) is 1.27. The minimum absolute atomic E-state index is 0.644. The number of hydrogen-bond acceptors (Lipinski definition) is 3. The molecular formula is C9H6N2O. The quantitative estimate of drug-likeness (QED) is 0.660. The topological polar surface area (TPSA) is 60.7 Å². The largest absolute Gasteiger partial charge is 0.465 e. The molecule has 0 aromatic carbocycles. The van der Waals surface area contributed by atoms with E-state index >= 15 is 0 Å². The van der Waals surface area contributed by atoms with Crippen LogP contribution in [0.4, 0.5) is 0 Å². The molecule has 0 radical (unpaired) electrons. The van der Waals surface area contributed by atoms with Crippen LogP contribution in [0.3, 0.4) is 0 Å². The van der Waals surface area contributed by atoms with Crippen LogP contribution in [0.2, 0.25) is 0 Å². The molecule has 3 nitrogen and oxygen atoms in total. The molecule has 0 atom stereocenters. The van der Waals surface area contributed by atoms with Gasteiger partial charge in [-0.25, -0.2) is 0 Å². The molecule has 58 valence electrons. The Hall–Kier alpha value is -2.00. The summed E-state index contributed by atoms with van der Waals surface area (Å²) < 4.78 is 4.97. The van der Waals surface area contributed by atoms with E-state index in [1.54, 1.807) is 18.2 Å². The fourth-order valence-corrected chi connectivity index (χ4v) is 0.692. The van der Waals surface area contributed by atoms with Crippen molar-refractivity contribution in [3.63, 3.8) is 0 Å². The molecule has 1 rings (SSSR count). The highest BCUT2D eigenvalue weighted by atomic mass is 16.3. The van der Waals surface area contributed by atoms with E-state index in [0.29, 0.717) is 5.76 Å². The zero-order chi connectivity index (χ0) is 8.81. The SMILES string of the molecule is N#CC(C#N)C=Cc1ccco1. The molecule has 0 aliphatic heterocycles. The van der Waals surface area contributed by atoms with E-state index < -0.39 is 5.92 Å². The summed E-state index contributed by atoms with van der Waals surface area (Å²) in [6, 6.07) is 7.14. The zero-order valence-electron chi connectivity index (χ0n) is 6.27. The van der Waals surface area contributed by atoms with Gasteiger partial charge in [-0.3, -0.25) is 0 Å². The summed E-state index contributed by atoms with van der Waals surface area (Å²) in [6.07, 6.45) is 4.64. The van der Waals surface area contributed by atoms with Crippen molar-refractivity contribution in [2.24, 2.45) is 5.92 Å². The van der Waals surface area contributed by atoms with E-state index in [4.69, 9.17) is 14.9 Å². The van der Waals surface area contributed by atoms with Crippen molar-refractivity contribution < 1.29 is 4.42 Å². The molecular weight excluding hydrogens is 152 g/mol. The molecule has 0 bridgehead atoms. The third-order valence-corrected chi connectivity index (χ3v) is 1.27. The first-order chi connectivity index (χ1) is 5.86. The molecule has 0 N–H and O–H groups in total. The lowest BCUT2D eigenvalue weighted by molar-refractivity contribution is 0.557. The monoisotopic (exact) mass is 158 g/mol. The van der Waals surface area contributed by atoms with Crippen LogP contribution in [0, 0.1) is 28.6 Å². The lowest BCUT2D eigenvalue weighted by atomic mass is 10.2. The van der Waals surface area contributed by atoms with E-state index in [9.17, 15) is 0 Å². The minimum Gasteiger partial charge on any atom is -0.465 e. The Morgan fingerprint density at radius 2 is 2.17 bits per heavy atom. The molecule has 3 heteroatoms. The minimum atomic E-state index is -0.699. The summed E-state index contributed by atoms with van der Waals surface area (Å²) in [6.45, 7) is 0. The highest BCUT2D eigenvalue weighted by Crippen LogP contribution is 2.05. The number of nitrogens with zero attached hydrogens (tertiary/aromatic N) is 2. The molecule has 0 saturated carbocycles. The fourth-order valence-electron chi connectivity index (χ4n) is 0.692. The predicted octanol–water partition coefficient (Wildman–Crippen LogP) is 1.96. The summed E-state index contributed by atoms with van der Waals surface area (Å²) in [7, 11) is 0. The van der Waals surface area contributed by atoms with Crippen LogP contribution in [-0.2, 0) is 0 Å². The molecule has 0 fully saturated rings. The number of furan rings is 1. The molecule has 1 aromatic rings. The molecule has 0 unspecified atom stereocenters. The Morgan fingerprint density at radius 1 is 1.42 bits per heavy atom. The van der Waals surface area contributed by atoms with Gasteiger partial charge in [-0.15, -0.1) is 0 Å². The molecule has 1 heterocycles. The number of rotatable bonds is 2. The first-order valence-corrected chi connectivity index (χ1v) is 3.38. The van der Waals surface area contributed by atoms with Gasteiger partial charge in [0.15, 0.2) is 5.92 Å². The molecule has 0 aliphatic rings. The maximum absolute atomic E-state index is 8.40. The van der Waals surface area contributed by atoms with E-state index in [2.05, 4.69) is 0 Å². The summed E-state index contributed by atoms with van der Waals surface area (Å²) in [4.78, 5) is 0. The molecule has 12 heavy (non-hydrogen) atoms. The highest BCUT2D eigenvalue weighted by molar-refractivity contribution is 5.44. The van der Waals surface area contributed by atoms with Crippen LogP contribution in [0.1, 0.15) is 5.76 Å². The van der Waals surface area contributed by atoms with Crippen LogP contribution in [0.25, 0.3) is 6.08 Å². The fraction of sp³-hybridized carbons (Fsp3) is 0.111. The van der Waals surface area contributed by atoms with Crippen molar-refractivity contribution in [3.05, 3.63) is 30.2 Å². The van der Waals surface area contributed by atoms with Gasteiger partial charge in [-0.2, -0.15) is 10.5 Å². The Balaban J connectivity index is 2.64. The van der Waals surface area contributed by atoms with E-state index in [1.165, 1.54) is 12.3 Å². The van der Waals surface area contributed by atoms with Crippen LogP contribution in [0.15, 0.2) is 28.9 Å². The van der Waals surface area contributed by atoms with Gasteiger partial charge in [-0.05, 0) is 24.3 Å². The van der Waals surface area contributed by atoms with Gasteiger partial charge >= 0.3 is 0 Å². The lowest BCUT2D eigenvalue weighted by Gasteiger charge is -1.85. The maximum Gasteiger partial charge on any atom is 0.151 e. The average Bonchev–Trinajstić information content (AvgIpc) is 2.59. The van der Waals surface area contributed by atoms with Gasteiger partial charge in [0.25, 0.3) is 0 Å². The lowest BCUT2D eigenvalue weighted by Crippen LogP contribution is -1.83. The van der Waals surface area contributed by atoms with Crippen molar-refractivity contribution >= 4 is 6.08 Å². The average molecular weight is 158 g/mol. The summed E-state index contributed by atoms with van der Waals surface area (Å²) in [5.74, 6) is -0.0550. The molecule has 0 aliphatic carbocycles. The van der Waals surface area contributed by atoms with Crippen molar-refractivity contribution in [2.75, 3.05) is 0 Å². The van der Waals surface area contributed by atoms with E-state index in [1.807, 2.05) is 12.1 Å². The number of nitriles is 2. The predicted molar refractivity (Wildman–Crippen MR) is 42.5 cm³/mol. The molecule has 0 amide bonds. The van der Waals surface area contributed by atoms with Crippen molar-refractivity contribution in [3.8, 4) is 12.1 Å². The van der Waals surface area contributed by atoms with Gasteiger partial charge in [0.2, 0.25) is 0 Å². The second-order valence-corrected chi connectivity index (χ2v) is 2.11. The van der Waals surface area contributed by atoms with Crippen molar-refractivity contribution in [1.82, 2.24) is 0 Å². The Bertz CT molecular complexity index is 324. The molecule has 0 saturated heterocycles. The first kappa shape index (κ1) is 8.10. The van der Waals surface area contributed by atoms with Crippen molar-refractivity contribution in [1.29, 1.82) is 10.5 Å². The van der Waals surface area contributed by atoms with Crippen molar-refractivity contribution in [2.45, 2.75) is 0 Å². The van der Waals surface area contributed by atoms with Crippen LogP contribution >= 0.6 is 0 Å². The van der Waals surface area contributed by atoms with Gasteiger partial charge in [0, 0.05) is 0 Å².